The number of hydrogen-bond acceptors (Lipinski definition) is 9. The molecule has 2 aromatic rings. The van der Waals surface area contributed by atoms with Crippen molar-refractivity contribution < 1.29 is 4.74 Å². The number of thioether (sulfide) groups is 1. The molecule has 22 heavy (non-hydrogen) atoms. The molecule has 0 aliphatic heterocycles. The van der Waals surface area contributed by atoms with Crippen molar-refractivity contribution in [3.05, 3.63) is 26.3 Å². The molecule has 0 fully saturated rings. The quantitative estimate of drug-likeness (QED) is 0.222. The highest BCUT2D eigenvalue weighted by atomic mass is 32.2. The van der Waals surface area contributed by atoms with Gasteiger partial charge in [0.1, 0.15) is 5.69 Å². The van der Waals surface area contributed by atoms with Crippen LogP contribution in [0.1, 0.15) is 5.82 Å². The molecule has 9 nitrogen and oxygen atoms in total. The summed E-state index contributed by atoms with van der Waals surface area (Å²) in [7, 11) is 1.36. The van der Waals surface area contributed by atoms with Crippen molar-refractivity contribution in [3.8, 4) is 5.75 Å². The number of rotatable bonds is 8. The van der Waals surface area contributed by atoms with E-state index in [-0.39, 0.29) is 17.4 Å². The predicted molar refractivity (Wildman–Crippen MR) is 88.0 cm³/mol. The first-order chi connectivity index (χ1) is 10.5. The van der Waals surface area contributed by atoms with Gasteiger partial charge in [0.25, 0.3) is 10.9 Å². The van der Waals surface area contributed by atoms with Crippen LogP contribution in [0.3, 0.4) is 0 Å². The van der Waals surface area contributed by atoms with Crippen molar-refractivity contribution >= 4 is 40.1 Å². The second-order valence-corrected chi connectivity index (χ2v) is 5.96. The van der Waals surface area contributed by atoms with Crippen LogP contribution in [-0.2, 0) is 5.75 Å². The minimum absolute atomic E-state index is 0.0936. The number of ether oxygens (including phenoxy) is 1. The van der Waals surface area contributed by atoms with Gasteiger partial charge in [-0.1, -0.05) is 0 Å². The second-order valence-electron chi connectivity index (χ2n) is 4.10. The van der Waals surface area contributed by atoms with Gasteiger partial charge in [0.2, 0.25) is 5.13 Å². The molecule has 0 aliphatic carbocycles. The molecular weight excluding hydrogens is 328 g/mol. The summed E-state index contributed by atoms with van der Waals surface area (Å²) in [5, 5.41) is 13.0. The molecular formula is C11H14N6O3S2. The van der Waals surface area contributed by atoms with E-state index in [0.717, 1.165) is 11.5 Å². The molecule has 0 radical (unpaired) electrons. The van der Waals surface area contributed by atoms with Crippen molar-refractivity contribution in [1.29, 1.82) is 5.41 Å². The van der Waals surface area contributed by atoms with E-state index < -0.39 is 10.9 Å². The van der Waals surface area contributed by atoms with E-state index in [1.807, 2.05) is 0 Å². The molecule has 0 atom stereocenters. The summed E-state index contributed by atoms with van der Waals surface area (Å²) in [4.78, 5) is 26.6. The number of hydrogen-bond donors (Lipinski definition) is 4. The van der Waals surface area contributed by atoms with Crippen molar-refractivity contribution in [2.75, 3.05) is 30.0 Å². The van der Waals surface area contributed by atoms with Crippen LogP contribution in [-0.4, -0.2) is 34.7 Å². The maximum absolute atomic E-state index is 11.3. The van der Waals surface area contributed by atoms with Gasteiger partial charge < -0.3 is 21.1 Å². The van der Waals surface area contributed by atoms with E-state index in [2.05, 4.69) is 20.0 Å². The third-order valence-electron chi connectivity index (χ3n) is 2.56. The van der Waals surface area contributed by atoms with Gasteiger partial charge in [-0.3, -0.25) is 15.0 Å². The first-order valence-corrected chi connectivity index (χ1v) is 8.08. The van der Waals surface area contributed by atoms with Crippen LogP contribution in [0.15, 0.2) is 9.59 Å². The van der Waals surface area contributed by atoms with Gasteiger partial charge in [-0.25, -0.2) is 4.98 Å². The van der Waals surface area contributed by atoms with Gasteiger partial charge in [0.05, 0.1) is 12.9 Å². The molecule has 0 bridgehead atoms. The Hall–Kier alpha value is -2.14. The molecule has 2 rings (SSSR count). The number of anilines is 2. The fraction of sp³-hybridized carbons (Fsp3) is 0.364. The van der Waals surface area contributed by atoms with E-state index in [1.54, 1.807) is 11.8 Å². The largest absolute Gasteiger partial charge is 0.491 e. The topological polar surface area (TPSA) is 143 Å². The number of nitrogens with two attached hydrogens (primary N) is 1. The minimum atomic E-state index is -0.588. The molecule has 5 N–H and O–H groups in total. The van der Waals surface area contributed by atoms with E-state index >= 15 is 0 Å². The highest BCUT2D eigenvalue weighted by Crippen LogP contribution is 2.18. The smallest absolute Gasteiger partial charge is 0.271 e. The summed E-state index contributed by atoms with van der Waals surface area (Å²) >= 11 is 2.71. The Balaban J connectivity index is 1.70. The van der Waals surface area contributed by atoms with Gasteiger partial charge in [-0.15, -0.1) is 0 Å². The fourth-order valence-electron chi connectivity index (χ4n) is 1.62. The third kappa shape index (κ3) is 3.74. The van der Waals surface area contributed by atoms with Crippen molar-refractivity contribution in [2.24, 2.45) is 5.73 Å². The van der Waals surface area contributed by atoms with Gasteiger partial charge in [0, 0.05) is 23.8 Å². The van der Waals surface area contributed by atoms with Crippen LogP contribution in [0.2, 0.25) is 0 Å². The Bertz CT molecular complexity index is 736. The van der Waals surface area contributed by atoms with Crippen LogP contribution >= 0.6 is 23.3 Å². The zero-order valence-corrected chi connectivity index (χ0v) is 13.3. The zero-order chi connectivity index (χ0) is 16.1. The SMILES string of the molecule is COc1c(NCCSCc2nsc(NC(=N)N)n2)c(=O)c1=O. The third-order valence-corrected chi connectivity index (χ3v) is 4.18. The first-order valence-electron chi connectivity index (χ1n) is 6.15. The molecule has 0 unspecified atom stereocenters. The monoisotopic (exact) mass is 342 g/mol. The summed E-state index contributed by atoms with van der Waals surface area (Å²) in [5.41, 5.74) is 4.31. The molecule has 0 spiro atoms. The summed E-state index contributed by atoms with van der Waals surface area (Å²) in [6.45, 7) is 0.522. The molecule has 0 aliphatic rings. The standard InChI is InChI=1S/C11H14N6O3S2/c1-20-9-6(7(18)8(9)19)14-2-3-21-4-5-15-11(22-17-5)16-10(12)13/h14H,2-4H2,1H3,(H4,12,13,15,16,17). The highest BCUT2D eigenvalue weighted by Gasteiger charge is 2.20. The lowest BCUT2D eigenvalue weighted by Crippen LogP contribution is -2.35. The number of aromatic nitrogens is 2. The normalized spacial score (nSPS) is 10.6. The van der Waals surface area contributed by atoms with Crippen LogP contribution in [0.5, 0.6) is 5.75 Å². The summed E-state index contributed by atoms with van der Waals surface area (Å²) in [6, 6.07) is 0. The van der Waals surface area contributed by atoms with Gasteiger partial charge >= 0.3 is 0 Å². The molecule has 11 heteroatoms. The van der Waals surface area contributed by atoms with E-state index in [0.29, 0.717) is 29.0 Å². The van der Waals surface area contributed by atoms with E-state index in [4.69, 9.17) is 15.9 Å². The Labute approximate surface area is 133 Å². The van der Waals surface area contributed by atoms with Gasteiger partial charge in [-0.05, 0) is 0 Å². The average Bonchev–Trinajstić information content (AvgIpc) is 2.91. The maximum atomic E-state index is 11.3. The number of methoxy groups -OCH3 is 1. The van der Waals surface area contributed by atoms with Gasteiger partial charge in [-0.2, -0.15) is 16.1 Å². The lowest BCUT2D eigenvalue weighted by Gasteiger charge is -2.11. The lowest BCUT2D eigenvalue weighted by molar-refractivity contribution is 0.407. The molecule has 1 heterocycles. The van der Waals surface area contributed by atoms with Crippen LogP contribution < -0.4 is 32.0 Å². The Morgan fingerprint density at radius 2 is 2.23 bits per heavy atom. The van der Waals surface area contributed by atoms with Crippen LogP contribution in [0.4, 0.5) is 10.8 Å². The van der Waals surface area contributed by atoms with E-state index in [9.17, 15) is 9.59 Å². The second kappa shape index (κ2) is 7.22. The number of nitrogens with one attached hydrogen (secondary N) is 3. The predicted octanol–water partition coefficient (Wildman–Crippen LogP) is -0.207. The van der Waals surface area contributed by atoms with Crippen molar-refractivity contribution in [2.45, 2.75) is 5.75 Å². The Kier molecular flexibility index (Phi) is 5.33. The van der Waals surface area contributed by atoms with Crippen molar-refractivity contribution in [1.82, 2.24) is 9.36 Å². The summed E-state index contributed by atoms with van der Waals surface area (Å²) in [6.07, 6.45) is 0. The minimum Gasteiger partial charge on any atom is -0.491 e. The summed E-state index contributed by atoms with van der Waals surface area (Å²) < 4.78 is 8.95. The van der Waals surface area contributed by atoms with Crippen LogP contribution in [0, 0.1) is 5.41 Å². The van der Waals surface area contributed by atoms with Crippen LogP contribution in [0.25, 0.3) is 0 Å². The zero-order valence-electron chi connectivity index (χ0n) is 11.6. The van der Waals surface area contributed by atoms with E-state index in [1.165, 1.54) is 7.11 Å². The van der Waals surface area contributed by atoms with Crippen molar-refractivity contribution in [3.63, 3.8) is 0 Å². The molecule has 0 saturated carbocycles. The highest BCUT2D eigenvalue weighted by molar-refractivity contribution is 7.98. The first kappa shape index (κ1) is 16.2. The molecule has 0 saturated heterocycles. The Morgan fingerprint density at radius 3 is 2.91 bits per heavy atom. The number of guanidine groups is 1. The molecule has 0 amide bonds. The lowest BCUT2D eigenvalue weighted by atomic mass is 10.2. The fourth-order valence-corrected chi connectivity index (χ4v) is 3.00. The van der Waals surface area contributed by atoms with Gasteiger partial charge in [0.15, 0.2) is 17.5 Å². The summed E-state index contributed by atoms with van der Waals surface area (Å²) in [5.74, 6) is 1.86. The Morgan fingerprint density at radius 1 is 1.45 bits per heavy atom. The average molecular weight is 342 g/mol. The molecule has 118 valence electrons. The maximum Gasteiger partial charge on any atom is 0.271 e. The molecule has 1 aromatic heterocycles. The molecule has 1 aromatic carbocycles. The number of nitrogens with zero attached hydrogens (tertiary/aromatic N) is 2.